The maximum atomic E-state index is 4.33. The van der Waals surface area contributed by atoms with Crippen molar-refractivity contribution in [2.24, 2.45) is 0 Å². The van der Waals surface area contributed by atoms with Gasteiger partial charge in [-0.2, -0.15) is 0 Å². The number of aryl methyl sites for hydroxylation is 2. The molecule has 0 bridgehead atoms. The van der Waals surface area contributed by atoms with Gasteiger partial charge in [0.1, 0.15) is 0 Å². The lowest BCUT2D eigenvalue weighted by atomic mass is 10.3. The normalized spacial score (nSPS) is 11.1. The fraction of sp³-hybridized carbons (Fsp3) is 0.375. The first kappa shape index (κ1) is 7.48. The first-order valence-corrected chi connectivity index (χ1v) is 4.12. The minimum Gasteiger partial charge on any atom is -0.242 e. The minimum absolute atomic E-state index is 1.12. The second kappa shape index (κ2) is 2.97. The fourth-order valence-corrected chi connectivity index (χ4v) is 1.66. The molecule has 0 saturated carbocycles. The third kappa shape index (κ3) is 1.45. The third-order valence-electron chi connectivity index (χ3n) is 1.26. The lowest BCUT2D eigenvalue weighted by molar-refractivity contribution is 1.26. The van der Waals surface area contributed by atoms with Crippen molar-refractivity contribution >= 4 is 17.4 Å². The summed E-state index contributed by atoms with van der Waals surface area (Å²) in [6, 6.07) is 0. The molecule has 1 aromatic heterocycles. The van der Waals surface area contributed by atoms with Gasteiger partial charge in [0.15, 0.2) is 0 Å². The van der Waals surface area contributed by atoms with Crippen LogP contribution in [0.1, 0.15) is 22.5 Å². The van der Waals surface area contributed by atoms with Gasteiger partial charge in [-0.1, -0.05) is 6.08 Å². The van der Waals surface area contributed by atoms with Crippen LogP contribution >= 0.6 is 11.3 Å². The Bertz CT molecular complexity index is 248. The molecule has 0 radical (unpaired) electrons. The summed E-state index contributed by atoms with van der Waals surface area (Å²) in [5, 5.41) is 1.14. The Hall–Kier alpha value is -0.630. The van der Waals surface area contributed by atoms with Crippen LogP contribution in [0.5, 0.6) is 0 Å². The zero-order valence-corrected chi connectivity index (χ0v) is 7.33. The predicted molar refractivity (Wildman–Crippen MR) is 46.3 cm³/mol. The topological polar surface area (TPSA) is 12.9 Å². The summed E-state index contributed by atoms with van der Waals surface area (Å²) in [6.07, 6.45) is 4.06. The van der Waals surface area contributed by atoms with Crippen molar-refractivity contribution in [1.82, 2.24) is 4.98 Å². The monoisotopic (exact) mass is 153 g/mol. The first-order valence-electron chi connectivity index (χ1n) is 3.30. The second-order valence-electron chi connectivity index (χ2n) is 2.17. The van der Waals surface area contributed by atoms with Crippen LogP contribution in [-0.2, 0) is 0 Å². The van der Waals surface area contributed by atoms with Crippen LogP contribution in [0.2, 0.25) is 0 Å². The highest BCUT2D eigenvalue weighted by molar-refractivity contribution is 7.11. The fourth-order valence-electron chi connectivity index (χ4n) is 0.858. The van der Waals surface area contributed by atoms with E-state index < -0.39 is 0 Å². The molecule has 0 aliphatic heterocycles. The van der Waals surface area contributed by atoms with E-state index in [1.54, 1.807) is 11.3 Å². The molecule has 2 heteroatoms. The number of hydrogen-bond acceptors (Lipinski definition) is 2. The van der Waals surface area contributed by atoms with Crippen LogP contribution in [-0.4, -0.2) is 4.98 Å². The molecule has 0 aliphatic carbocycles. The number of rotatable bonds is 1. The van der Waals surface area contributed by atoms with Crippen molar-refractivity contribution in [3.63, 3.8) is 0 Å². The minimum atomic E-state index is 1.12. The average molecular weight is 153 g/mol. The molecule has 0 spiro atoms. The van der Waals surface area contributed by atoms with E-state index in [1.165, 1.54) is 4.88 Å². The van der Waals surface area contributed by atoms with E-state index in [0.29, 0.717) is 0 Å². The quantitative estimate of drug-likeness (QED) is 0.604. The van der Waals surface area contributed by atoms with Gasteiger partial charge < -0.3 is 0 Å². The molecule has 1 heterocycles. The molecule has 0 N–H and O–H groups in total. The summed E-state index contributed by atoms with van der Waals surface area (Å²) in [6.45, 7) is 6.14. The number of allylic oxidation sites excluding steroid dienone is 1. The van der Waals surface area contributed by atoms with Crippen molar-refractivity contribution in [3.05, 3.63) is 21.7 Å². The molecular weight excluding hydrogens is 142 g/mol. The third-order valence-corrected chi connectivity index (χ3v) is 2.17. The van der Waals surface area contributed by atoms with E-state index in [1.807, 2.05) is 26.0 Å². The first-order chi connectivity index (χ1) is 4.74. The molecule has 0 unspecified atom stereocenters. The van der Waals surface area contributed by atoms with Gasteiger partial charge >= 0.3 is 0 Å². The van der Waals surface area contributed by atoms with Gasteiger partial charge in [0.2, 0.25) is 0 Å². The average Bonchev–Trinajstić information content (AvgIpc) is 2.13. The van der Waals surface area contributed by atoms with Crippen molar-refractivity contribution < 1.29 is 0 Å². The van der Waals surface area contributed by atoms with Gasteiger partial charge in [-0.05, 0) is 26.8 Å². The summed E-state index contributed by atoms with van der Waals surface area (Å²) < 4.78 is 0. The lowest BCUT2D eigenvalue weighted by Gasteiger charge is -1.82. The van der Waals surface area contributed by atoms with Gasteiger partial charge in [-0.3, -0.25) is 0 Å². The van der Waals surface area contributed by atoms with Crippen LogP contribution in [0.3, 0.4) is 0 Å². The zero-order chi connectivity index (χ0) is 7.56. The van der Waals surface area contributed by atoms with Crippen molar-refractivity contribution in [2.45, 2.75) is 20.8 Å². The van der Waals surface area contributed by atoms with E-state index in [0.717, 1.165) is 10.7 Å². The highest BCUT2D eigenvalue weighted by Crippen LogP contribution is 2.17. The van der Waals surface area contributed by atoms with Crippen LogP contribution in [0.25, 0.3) is 6.08 Å². The number of nitrogens with zero attached hydrogens (tertiary/aromatic N) is 1. The molecule has 0 atom stereocenters. The van der Waals surface area contributed by atoms with E-state index in [-0.39, 0.29) is 0 Å². The Balaban J connectivity index is 3.03. The largest absolute Gasteiger partial charge is 0.242 e. The van der Waals surface area contributed by atoms with Crippen molar-refractivity contribution in [1.29, 1.82) is 0 Å². The van der Waals surface area contributed by atoms with E-state index >= 15 is 0 Å². The summed E-state index contributed by atoms with van der Waals surface area (Å²) in [7, 11) is 0. The van der Waals surface area contributed by atoms with Crippen LogP contribution in [0.15, 0.2) is 6.08 Å². The van der Waals surface area contributed by atoms with Crippen LogP contribution in [0, 0.1) is 13.8 Å². The molecular formula is C8H11NS. The molecule has 54 valence electrons. The molecule has 0 fully saturated rings. The smallest absolute Gasteiger partial charge is 0.0904 e. The molecule has 0 amide bonds. The number of aromatic nitrogens is 1. The second-order valence-corrected chi connectivity index (χ2v) is 3.58. The summed E-state index contributed by atoms with van der Waals surface area (Å²) >= 11 is 1.75. The van der Waals surface area contributed by atoms with Gasteiger partial charge in [-0.25, -0.2) is 4.98 Å². The van der Waals surface area contributed by atoms with Gasteiger partial charge in [0.25, 0.3) is 0 Å². The van der Waals surface area contributed by atoms with Gasteiger partial charge in [-0.15, -0.1) is 11.3 Å². The molecule has 1 rings (SSSR count). The highest BCUT2D eigenvalue weighted by Gasteiger charge is 1.98. The number of hydrogen-bond donors (Lipinski definition) is 0. The van der Waals surface area contributed by atoms with E-state index in [2.05, 4.69) is 11.9 Å². The maximum absolute atomic E-state index is 4.33. The standard InChI is InChI=1S/C8H11NS/c1-4-5-8-6(2)10-7(3)9-8/h4-5H,1-3H3. The van der Waals surface area contributed by atoms with Crippen LogP contribution in [0.4, 0.5) is 0 Å². The van der Waals surface area contributed by atoms with Gasteiger partial charge in [0.05, 0.1) is 10.7 Å². The predicted octanol–water partition coefficient (Wildman–Crippen LogP) is 2.79. The molecule has 0 aromatic carbocycles. The van der Waals surface area contributed by atoms with Gasteiger partial charge in [0, 0.05) is 4.88 Å². The van der Waals surface area contributed by atoms with Crippen molar-refractivity contribution in [2.75, 3.05) is 0 Å². The molecule has 1 nitrogen and oxygen atoms in total. The Morgan fingerprint density at radius 3 is 2.50 bits per heavy atom. The Morgan fingerprint density at radius 1 is 1.40 bits per heavy atom. The summed E-state index contributed by atoms with van der Waals surface area (Å²) in [5.74, 6) is 0. The Kier molecular flexibility index (Phi) is 2.22. The van der Waals surface area contributed by atoms with E-state index in [9.17, 15) is 0 Å². The Labute approximate surface area is 65.4 Å². The summed E-state index contributed by atoms with van der Waals surface area (Å²) in [4.78, 5) is 5.63. The molecule has 0 aliphatic rings. The maximum Gasteiger partial charge on any atom is 0.0904 e. The molecule has 1 aromatic rings. The SMILES string of the molecule is CC=Cc1nc(C)sc1C. The Morgan fingerprint density at radius 2 is 2.10 bits per heavy atom. The number of thiazole rings is 1. The van der Waals surface area contributed by atoms with Crippen molar-refractivity contribution in [3.8, 4) is 0 Å². The summed E-state index contributed by atoms with van der Waals surface area (Å²) in [5.41, 5.74) is 1.12. The molecule has 0 saturated heterocycles. The lowest BCUT2D eigenvalue weighted by Crippen LogP contribution is -1.73. The highest BCUT2D eigenvalue weighted by atomic mass is 32.1. The zero-order valence-electron chi connectivity index (χ0n) is 6.51. The van der Waals surface area contributed by atoms with E-state index in [4.69, 9.17) is 0 Å². The molecule has 10 heavy (non-hydrogen) atoms. The van der Waals surface area contributed by atoms with Crippen LogP contribution < -0.4 is 0 Å².